The Morgan fingerprint density at radius 1 is 1.03 bits per heavy atom. The van der Waals surface area contributed by atoms with E-state index in [0.717, 1.165) is 5.56 Å². The number of hydrogen-bond acceptors (Lipinski definition) is 6. The van der Waals surface area contributed by atoms with Crippen molar-refractivity contribution in [3.8, 4) is 0 Å². The minimum atomic E-state index is -0.880. The van der Waals surface area contributed by atoms with Gasteiger partial charge >= 0.3 is 0 Å². The van der Waals surface area contributed by atoms with Crippen LogP contribution in [0.15, 0.2) is 54.6 Å². The Balaban J connectivity index is 1.50. The fraction of sp³-hybridized carbons (Fsp3) is 0.429. The fourth-order valence-electron chi connectivity index (χ4n) is 5.31. The van der Waals surface area contributed by atoms with Crippen molar-refractivity contribution in [2.75, 3.05) is 13.1 Å². The van der Waals surface area contributed by atoms with Crippen molar-refractivity contribution < 1.29 is 19.2 Å². The first kappa shape index (κ1) is 26.5. The number of rotatable bonds is 8. The average Bonchev–Trinajstić information content (AvgIpc) is 3.48. The molecule has 2 aliphatic heterocycles. The van der Waals surface area contributed by atoms with E-state index in [9.17, 15) is 19.2 Å². The van der Waals surface area contributed by atoms with Gasteiger partial charge in [0.2, 0.25) is 11.8 Å². The molecule has 37 heavy (non-hydrogen) atoms. The molecule has 9 heteroatoms. The highest BCUT2D eigenvalue weighted by Crippen LogP contribution is 2.32. The molecule has 2 saturated heterocycles. The van der Waals surface area contributed by atoms with Gasteiger partial charge in [0.15, 0.2) is 5.78 Å². The molecule has 0 aromatic heterocycles. The van der Waals surface area contributed by atoms with Gasteiger partial charge in [-0.05, 0) is 42.0 Å². The monoisotopic (exact) mass is 505 g/mol. The lowest BCUT2D eigenvalue weighted by Gasteiger charge is -2.29. The van der Waals surface area contributed by atoms with Crippen LogP contribution in [0.4, 0.5) is 0 Å². The molecule has 196 valence electrons. The number of carbonyl (C=O) groups is 4. The summed E-state index contributed by atoms with van der Waals surface area (Å²) in [5, 5.41) is 2.88. The first-order valence-electron chi connectivity index (χ1n) is 12.7. The number of benzene rings is 2. The topological polar surface area (TPSA) is 139 Å². The molecule has 4 rings (SSSR count). The molecular formula is C28H35N5O4. The number of amides is 3. The number of carbonyl (C=O) groups excluding carboxylic acids is 4. The van der Waals surface area contributed by atoms with E-state index in [1.54, 1.807) is 30.3 Å². The summed E-state index contributed by atoms with van der Waals surface area (Å²) >= 11 is 0. The van der Waals surface area contributed by atoms with E-state index in [4.69, 9.17) is 11.5 Å². The smallest absolute Gasteiger partial charge is 0.251 e. The van der Waals surface area contributed by atoms with Gasteiger partial charge in [0.25, 0.3) is 5.91 Å². The van der Waals surface area contributed by atoms with Crippen LogP contribution in [0.25, 0.3) is 0 Å². The van der Waals surface area contributed by atoms with Crippen LogP contribution in [0.2, 0.25) is 0 Å². The third-order valence-corrected chi connectivity index (χ3v) is 7.15. The van der Waals surface area contributed by atoms with Crippen LogP contribution in [0.1, 0.15) is 54.2 Å². The molecule has 0 aliphatic carbocycles. The second-order valence-electron chi connectivity index (χ2n) is 10.2. The highest BCUT2D eigenvalue weighted by Gasteiger charge is 2.52. The molecule has 4 atom stereocenters. The van der Waals surface area contributed by atoms with Crippen LogP contribution in [0, 0.1) is 5.92 Å². The molecule has 2 heterocycles. The summed E-state index contributed by atoms with van der Waals surface area (Å²) in [6.07, 6.45) is 0.904. The van der Waals surface area contributed by atoms with Crippen molar-refractivity contribution in [3.05, 3.63) is 71.3 Å². The maximum atomic E-state index is 13.7. The van der Waals surface area contributed by atoms with E-state index in [1.165, 1.54) is 9.80 Å². The summed E-state index contributed by atoms with van der Waals surface area (Å²) in [6.45, 7) is 4.50. The molecule has 0 spiro atoms. The normalized spacial score (nSPS) is 20.6. The largest absolute Gasteiger partial charge is 0.340 e. The molecule has 0 radical (unpaired) electrons. The van der Waals surface area contributed by atoms with Crippen molar-refractivity contribution >= 4 is 23.5 Å². The van der Waals surface area contributed by atoms with Crippen LogP contribution < -0.4 is 16.8 Å². The third kappa shape index (κ3) is 5.57. The number of Topliss-reactive ketones (excluding diaryl/α,β-unsaturated/α-hetero) is 1. The summed E-state index contributed by atoms with van der Waals surface area (Å²) in [7, 11) is 0. The van der Waals surface area contributed by atoms with Crippen LogP contribution in [0.3, 0.4) is 0 Å². The molecule has 2 aliphatic rings. The summed E-state index contributed by atoms with van der Waals surface area (Å²) < 4.78 is 0. The van der Waals surface area contributed by atoms with Gasteiger partial charge in [0, 0.05) is 18.7 Å². The zero-order chi connectivity index (χ0) is 26.7. The summed E-state index contributed by atoms with van der Waals surface area (Å²) in [5.41, 5.74) is 13.9. The van der Waals surface area contributed by atoms with Crippen LogP contribution in [-0.4, -0.2) is 64.5 Å². The maximum absolute atomic E-state index is 13.7. The highest BCUT2D eigenvalue weighted by molar-refractivity contribution is 6.01. The summed E-state index contributed by atoms with van der Waals surface area (Å²) in [6, 6.07) is 13.2. The van der Waals surface area contributed by atoms with E-state index >= 15 is 0 Å². The number of ketones is 1. The summed E-state index contributed by atoms with van der Waals surface area (Å²) in [5.74, 6) is -1.06. The Hall–Kier alpha value is -3.56. The Bertz CT molecular complexity index is 1170. The molecule has 2 aromatic rings. The number of nitrogens with two attached hydrogens (primary N) is 2. The molecule has 2 fully saturated rings. The van der Waals surface area contributed by atoms with E-state index in [2.05, 4.69) is 5.32 Å². The molecule has 5 N–H and O–H groups in total. The SMILES string of the molecule is CC(C)C[C@H](NC(=O)c1cccc(CN)c1)C(=O)N1CCC2C1C(=O)CN2C(=O)[C@H](N)c1ccccc1. The number of fused-ring (bicyclic) bond motifs is 1. The van der Waals surface area contributed by atoms with E-state index in [1.807, 2.05) is 38.1 Å². The van der Waals surface area contributed by atoms with Crippen molar-refractivity contribution in [1.29, 1.82) is 0 Å². The van der Waals surface area contributed by atoms with Gasteiger partial charge in [-0.1, -0.05) is 56.3 Å². The lowest BCUT2D eigenvalue weighted by atomic mass is 10.0. The van der Waals surface area contributed by atoms with E-state index < -0.39 is 24.2 Å². The second-order valence-corrected chi connectivity index (χ2v) is 10.2. The number of nitrogens with one attached hydrogen (secondary N) is 1. The van der Waals surface area contributed by atoms with Crippen LogP contribution >= 0.6 is 0 Å². The third-order valence-electron chi connectivity index (χ3n) is 7.15. The first-order valence-corrected chi connectivity index (χ1v) is 12.7. The molecule has 3 amide bonds. The highest BCUT2D eigenvalue weighted by atomic mass is 16.2. The molecule has 2 aromatic carbocycles. The van der Waals surface area contributed by atoms with Crippen molar-refractivity contribution in [1.82, 2.24) is 15.1 Å². The maximum Gasteiger partial charge on any atom is 0.251 e. The number of hydrogen-bond donors (Lipinski definition) is 3. The minimum absolute atomic E-state index is 0.0778. The molecule has 2 unspecified atom stereocenters. The van der Waals surface area contributed by atoms with Gasteiger partial charge in [-0.15, -0.1) is 0 Å². The molecule has 0 bridgehead atoms. The fourth-order valence-corrected chi connectivity index (χ4v) is 5.31. The van der Waals surface area contributed by atoms with Crippen molar-refractivity contribution in [2.24, 2.45) is 17.4 Å². The number of likely N-dealkylation sites (tertiary alicyclic amines) is 2. The predicted octanol–water partition coefficient (Wildman–Crippen LogP) is 1.37. The number of nitrogens with zero attached hydrogens (tertiary/aromatic N) is 2. The Labute approximate surface area is 217 Å². The van der Waals surface area contributed by atoms with Gasteiger partial charge in [0.1, 0.15) is 18.1 Å². The standard InChI is InChI=1S/C28H35N5O4/c1-17(2)13-21(31-26(35)20-10-6-7-18(14-20)15-29)27(36)32-12-11-22-25(32)23(34)16-33(22)28(37)24(30)19-8-4-3-5-9-19/h3-10,14,17,21-22,24-25H,11-13,15-16,29-30H2,1-2H3,(H,31,35)/t21-,22?,24+,25?/m0/s1. The molecule has 9 nitrogen and oxygen atoms in total. The zero-order valence-corrected chi connectivity index (χ0v) is 21.3. The van der Waals surface area contributed by atoms with Gasteiger partial charge in [-0.25, -0.2) is 0 Å². The molecule has 0 saturated carbocycles. The van der Waals surface area contributed by atoms with E-state index in [-0.39, 0.29) is 36.0 Å². The predicted molar refractivity (Wildman–Crippen MR) is 139 cm³/mol. The van der Waals surface area contributed by atoms with Crippen LogP contribution in [0.5, 0.6) is 0 Å². The van der Waals surface area contributed by atoms with E-state index in [0.29, 0.717) is 37.1 Å². The quantitative estimate of drug-likeness (QED) is 0.495. The zero-order valence-electron chi connectivity index (χ0n) is 21.3. The first-order chi connectivity index (χ1) is 17.7. The lowest BCUT2D eigenvalue weighted by Crippen LogP contribution is -2.53. The van der Waals surface area contributed by atoms with Gasteiger partial charge in [0.05, 0.1) is 12.6 Å². The minimum Gasteiger partial charge on any atom is -0.340 e. The Kier molecular flexibility index (Phi) is 8.04. The average molecular weight is 506 g/mol. The second kappa shape index (κ2) is 11.2. The Morgan fingerprint density at radius 3 is 2.43 bits per heavy atom. The van der Waals surface area contributed by atoms with Gasteiger partial charge in [-0.3, -0.25) is 19.2 Å². The van der Waals surface area contributed by atoms with Crippen molar-refractivity contribution in [2.45, 2.75) is 57.4 Å². The lowest BCUT2D eigenvalue weighted by molar-refractivity contribution is -0.138. The molecular weight excluding hydrogens is 470 g/mol. The van der Waals surface area contributed by atoms with Gasteiger partial charge in [-0.2, -0.15) is 0 Å². The van der Waals surface area contributed by atoms with Crippen molar-refractivity contribution in [3.63, 3.8) is 0 Å². The Morgan fingerprint density at radius 2 is 1.76 bits per heavy atom. The van der Waals surface area contributed by atoms with Gasteiger partial charge < -0.3 is 26.6 Å². The van der Waals surface area contributed by atoms with Crippen LogP contribution in [-0.2, 0) is 20.9 Å². The summed E-state index contributed by atoms with van der Waals surface area (Å²) in [4.78, 5) is 56.1.